The molecule has 4 heteroatoms. The molecule has 0 amide bonds. The number of pyridine rings is 1. The molecule has 74 valence electrons. The van der Waals surface area contributed by atoms with Crippen molar-refractivity contribution in [3.63, 3.8) is 0 Å². The highest BCUT2D eigenvalue weighted by Crippen LogP contribution is 2.28. The van der Waals surface area contributed by atoms with Crippen molar-refractivity contribution in [3.05, 3.63) is 23.5 Å². The van der Waals surface area contributed by atoms with E-state index in [-0.39, 0.29) is 0 Å². The van der Waals surface area contributed by atoms with E-state index in [9.17, 15) is 4.79 Å². The average Bonchev–Trinajstić information content (AvgIpc) is 3.02. The Morgan fingerprint density at radius 3 is 2.93 bits per heavy atom. The summed E-state index contributed by atoms with van der Waals surface area (Å²) in [6, 6.07) is 3.40. The van der Waals surface area contributed by atoms with E-state index in [0.717, 1.165) is 12.8 Å². The van der Waals surface area contributed by atoms with Crippen molar-refractivity contribution >= 4 is 6.29 Å². The zero-order valence-corrected chi connectivity index (χ0v) is 7.77. The van der Waals surface area contributed by atoms with Crippen LogP contribution in [0.5, 0.6) is 5.75 Å². The summed E-state index contributed by atoms with van der Waals surface area (Å²) in [5, 5.41) is 0. The Kier molecular flexibility index (Phi) is 2.45. The van der Waals surface area contributed by atoms with Gasteiger partial charge in [-0.25, -0.2) is 4.98 Å². The molecule has 2 rings (SSSR count). The van der Waals surface area contributed by atoms with Gasteiger partial charge in [-0.2, -0.15) is 0 Å². The molecule has 1 aromatic heterocycles. The number of nitrogens with zero attached hydrogens (tertiary/aromatic N) is 1. The van der Waals surface area contributed by atoms with E-state index < -0.39 is 0 Å². The first-order valence-corrected chi connectivity index (χ1v) is 4.65. The molecule has 4 nitrogen and oxygen atoms in total. The maximum atomic E-state index is 10.5. The molecule has 0 radical (unpaired) electrons. The van der Waals surface area contributed by atoms with Gasteiger partial charge in [0.1, 0.15) is 11.4 Å². The second-order valence-electron chi connectivity index (χ2n) is 3.32. The van der Waals surface area contributed by atoms with E-state index in [0.29, 0.717) is 36.1 Å². The van der Waals surface area contributed by atoms with Crippen LogP contribution in [0.2, 0.25) is 0 Å². The Morgan fingerprint density at radius 2 is 2.36 bits per heavy atom. The number of carbonyl (C=O) groups excluding carboxylic acids is 1. The minimum absolute atomic E-state index is 0.295. The summed E-state index contributed by atoms with van der Waals surface area (Å²) >= 11 is 0. The molecule has 1 aliphatic carbocycles. The summed E-state index contributed by atoms with van der Waals surface area (Å²) in [7, 11) is 0. The van der Waals surface area contributed by atoms with Gasteiger partial charge in [0.05, 0.1) is 11.8 Å². The average molecular weight is 192 g/mol. The highest BCUT2D eigenvalue weighted by molar-refractivity contribution is 5.72. The van der Waals surface area contributed by atoms with Crippen LogP contribution < -0.4 is 10.5 Å². The van der Waals surface area contributed by atoms with Gasteiger partial charge in [0.15, 0.2) is 6.29 Å². The van der Waals surface area contributed by atoms with Crippen molar-refractivity contribution in [3.8, 4) is 5.75 Å². The second-order valence-corrected chi connectivity index (χ2v) is 3.32. The lowest BCUT2D eigenvalue weighted by atomic mass is 10.3. The molecule has 2 N–H and O–H groups in total. The summed E-state index contributed by atoms with van der Waals surface area (Å²) in [6.45, 7) is 0.295. The van der Waals surface area contributed by atoms with Crippen LogP contribution in [0.25, 0.3) is 0 Å². The van der Waals surface area contributed by atoms with Crippen molar-refractivity contribution < 1.29 is 9.53 Å². The number of hydrogen-bond acceptors (Lipinski definition) is 4. The predicted molar refractivity (Wildman–Crippen MR) is 51.2 cm³/mol. The summed E-state index contributed by atoms with van der Waals surface area (Å²) in [6.07, 6.45) is 3.23. The first-order chi connectivity index (χ1) is 6.83. The lowest BCUT2D eigenvalue weighted by molar-refractivity contribution is 0.111. The fourth-order valence-electron chi connectivity index (χ4n) is 1.19. The minimum Gasteiger partial charge on any atom is -0.488 e. The molecule has 0 atom stereocenters. The molecule has 0 saturated heterocycles. The second kappa shape index (κ2) is 3.75. The van der Waals surface area contributed by atoms with Gasteiger partial charge < -0.3 is 10.5 Å². The van der Waals surface area contributed by atoms with Crippen molar-refractivity contribution in [2.24, 2.45) is 5.73 Å². The molecule has 0 aromatic carbocycles. The standard InChI is InChI=1S/C10H12N2O2/c11-5-9-10(14-8-2-3-8)4-1-7(6-13)12-9/h1,4,6,8H,2-3,5,11H2. The van der Waals surface area contributed by atoms with Crippen molar-refractivity contribution in [1.29, 1.82) is 0 Å². The van der Waals surface area contributed by atoms with E-state index in [1.54, 1.807) is 12.1 Å². The van der Waals surface area contributed by atoms with Gasteiger partial charge in [0, 0.05) is 6.54 Å². The monoisotopic (exact) mass is 192 g/mol. The van der Waals surface area contributed by atoms with Gasteiger partial charge in [-0.15, -0.1) is 0 Å². The summed E-state index contributed by atoms with van der Waals surface area (Å²) in [5.74, 6) is 0.709. The molecule has 1 aliphatic rings. The summed E-state index contributed by atoms with van der Waals surface area (Å²) in [4.78, 5) is 14.5. The first kappa shape index (κ1) is 9.15. The van der Waals surface area contributed by atoms with Crippen LogP contribution in [0.4, 0.5) is 0 Å². The van der Waals surface area contributed by atoms with Gasteiger partial charge >= 0.3 is 0 Å². The van der Waals surface area contributed by atoms with E-state index in [2.05, 4.69) is 4.98 Å². The van der Waals surface area contributed by atoms with Gasteiger partial charge in [0.2, 0.25) is 0 Å². The molecule has 1 heterocycles. The Labute approximate surface area is 82.1 Å². The van der Waals surface area contributed by atoms with Crippen LogP contribution in [0.1, 0.15) is 29.0 Å². The fourth-order valence-corrected chi connectivity index (χ4v) is 1.19. The van der Waals surface area contributed by atoms with Crippen molar-refractivity contribution in [1.82, 2.24) is 4.98 Å². The van der Waals surface area contributed by atoms with E-state index >= 15 is 0 Å². The molecular formula is C10H12N2O2. The van der Waals surface area contributed by atoms with E-state index in [1.165, 1.54) is 0 Å². The third-order valence-electron chi connectivity index (χ3n) is 2.09. The van der Waals surface area contributed by atoms with E-state index in [1.807, 2.05) is 0 Å². The van der Waals surface area contributed by atoms with Gasteiger partial charge in [-0.05, 0) is 25.0 Å². The Balaban J connectivity index is 2.23. The van der Waals surface area contributed by atoms with E-state index in [4.69, 9.17) is 10.5 Å². The third-order valence-corrected chi connectivity index (χ3v) is 2.09. The number of ether oxygens (including phenoxy) is 1. The molecule has 0 aliphatic heterocycles. The van der Waals surface area contributed by atoms with Crippen LogP contribution in [-0.2, 0) is 6.54 Å². The van der Waals surface area contributed by atoms with Crippen molar-refractivity contribution in [2.45, 2.75) is 25.5 Å². The lowest BCUT2D eigenvalue weighted by Gasteiger charge is -2.08. The SMILES string of the molecule is NCc1nc(C=O)ccc1OC1CC1. The Hall–Kier alpha value is -1.42. The molecule has 0 spiro atoms. The molecule has 1 aromatic rings. The lowest BCUT2D eigenvalue weighted by Crippen LogP contribution is -2.07. The van der Waals surface area contributed by atoms with Crippen LogP contribution in [0, 0.1) is 0 Å². The van der Waals surface area contributed by atoms with Crippen LogP contribution in [-0.4, -0.2) is 17.4 Å². The number of rotatable bonds is 4. The molecule has 1 fully saturated rings. The minimum atomic E-state index is 0.295. The maximum Gasteiger partial charge on any atom is 0.168 e. The molecule has 1 saturated carbocycles. The summed E-state index contributed by atoms with van der Waals surface area (Å²) < 4.78 is 5.59. The number of aldehydes is 1. The zero-order chi connectivity index (χ0) is 9.97. The van der Waals surface area contributed by atoms with Crippen LogP contribution in [0.3, 0.4) is 0 Å². The fraction of sp³-hybridized carbons (Fsp3) is 0.400. The topological polar surface area (TPSA) is 65.2 Å². The van der Waals surface area contributed by atoms with Crippen LogP contribution >= 0.6 is 0 Å². The normalized spacial score (nSPS) is 15.2. The largest absolute Gasteiger partial charge is 0.488 e. The van der Waals surface area contributed by atoms with Crippen molar-refractivity contribution in [2.75, 3.05) is 0 Å². The number of nitrogens with two attached hydrogens (primary N) is 1. The first-order valence-electron chi connectivity index (χ1n) is 4.65. The smallest absolute Gasteiger partial charge is 0.168 e. The molecular weight excluding hydrogens is 180 g/mol. The highest BCUT2D eigenvalue weighted by Gasteiger charge is 2.24. The van der Waals surface area contributed by atoms with Crippen LogP contribution in [0.15, 0.2) is 12.1 Å². The third kappa shape index (κ3) is 1.90. The molecule has 0 unspecified atom stereocenters. The predicted octanol–water partition coefficient (Wildman–Crippen LogP) is 0.894. The van der Waals surface area contributed by atoms with Gasteiger partial charge in [-0.1, -0.05) is 0 Å². The Morgan fingerprint density at radius 1 is 1.57 bits per heavy atom. The zero-order valence-electron chi connectivity index (χ0n) is 7.77. The molecule has 0 bridgehead atoms. The Bertz CT molecular complexity index is 348. The van der Waals surface area contributed by atoms with Gasteiger partial charge in [-0.3, -0.25) is 4.79 Å². The number of aromatic nitrogens is 1. The maximum absolute atomic E-state index is 10.5. The molecule has 14 heavy (non-hydrogen) atoms. The number of hydrogen-bond donors (Lipinski definition) is 1. The quantitative estimate of drug-likeness (QED) is 0.719. The highest BCUT2D eigenvalue weighted by atomic mass is 16.5. The van der Waals surface area contributed by atoms with Gasteiger partial charge in [0.25, 0.3) is 0 Å². The summed E-state index contributed by atoms with van der Waals surface area (Å²) in [5.41, 5.74) is 6.56. The number of carbonyl (C=O) groups is 1.